The van der Waals surface area contributed by atoms with Crippen molar-refractivity contribution in [1.29, 1.82) is 0 Å². The summed E-state index contributed by atoms with van der Waals surface area (Å²) in [5, 5.41) is 8.54. The molecule has 0 bridgehead atoms. The second kappa shape index (κ2) is 6.45. The summed E-state index contributed by atoms with van der Waals surface area (Å²) in [6.07, 6.45) is 3.55. The largest absolute Gasteiger partial charge is 0.478 e. The molecule has 0 aliphatic rings. The van der Waals surface area contributed by atoms with Gasteiger partial charge in [-0.15, -0.1) is 0 Å². The Morgan fingerprint density at radius 1 is 1.12 bits per heavy atom. The Morgan fingerprint density at radius 3 is 2.81 bits per heavy atom. The predicted molar refractivity (Wildman–Crippen MR) is 98.4 cm³/mol. The Kier molecular flexibility index (Phi) is 3.98. The zero-order valence-electron chi connectivity index (χ0n) is 13.3. The molecule has 0 atom stereocenters. The number of rotatable bonds is 4. The van der Waals surface area contributed by atoms with E-state index in [2.05, 4.69) is 11.1 Å². The number of esters is 1. The summed E-state index contributed by atoms with van der Waals surface area (Å²) in [6, 6.07) is 15.0. The van der Waals surface area contributed by atoms with Gasteiger partial charge in [0.05, 0.1) is 15.9 Å². The van der Waals surface area contributed by atoms with Crippen molar-refractivity contribution >= 4 is 38.5 Å². The maximum atomic E-state index is 11.6. The molecule has 1 N–H and O–H groups in total. The van der Waals surface area contributed by atoms with Gasteiger partial charge in [-0.2, -0.15) is 0 Å². The smallest absolute Gasteiger partial charge is 0.336 e. The maximum Gasteiger partial charge on any atom is 0.336 e. The van der Waals surface area contributed by atoms with Crippen LogP contribution in [0.4, 0.5) is 0 Å². The minimum absolute atomic E-state index is 0.323. The molecule has 0 amide bonds. The highest BCUT2D eigenvalue weighted by atomic mass is 32.1. The van der Waals surface area contributed by atoms with Crippen molar-refractivity contribution in [2.75, 3.05) is 0 Å². The Balaban J connectivity index is 1.65. The number of carboxylic acid groups (broad SMARTS) is 1. The minimum atomic E-state index is -1.21. The van der Waals surface area contributed by atoms with E-state index in [0.717, 1.165) is 38.6 Å². The molecule has 2 aromatic carbocycles. The fourth-order valence-corrected chi connectivity index (χ4v) is 3.60. The van der Waals surface area contributed by atoms with E-state index in [1.54, 1.807) is 29.5 Å². The number of aliphatic carboxylic acids is 1. The first-order valence-corrected chi connectivity index (χ1v) is 8.52. The number of aromatic nitrogens is 2. The molecule has 0 unspecified atom stereocenters. The number of thiazole rings is 1. The second-order valence-electron chi connectivity index (χ2n) is 5.47. The van der Waals surface area contributed by atoms with Crippen molar-refractivity contribution in [3.05, 3.63) is 66.9 Å². The third-order valence-electron chi connectivity index (χ3n) is 3.71. The first-order valence-electron chi connectivity index (χ1n) is 7.70. The van der Waals surface area contributed by atoms with E-state index in [1.165, 1.54) is 0 Å². The second-order valence-corrected chi connectivity index (χ2v) is 6.48. The molecule has 7 heteroatoms. The van der Waals surface area contributed by atoms with Crippen LogP contribution < -0.4 is 4.74 Å². The zero-order chi connectivity index (χ0) is 18.1. The summed E-state index contributed by atoms with van der Waals surface area (Å²) >= 11 is 1.60. The van der Waals surface area contributed by atoms with Gasteiger partial charge in [0, 0.05) is 23.9 Å². The number of carboxylic acids is 1. The molecule has 2 heterocycles. The van der Waals surface area contributed by atoms with Crippen molar-refractivity contribution in [2.45, 2.75) is 0 Å². The Bertz CT molecular complexity index is 1170. The van der Waals surface area contributed by atoms with Gasteiger partial charge in [0.2, 0.25) is 0 Å². The molecule has 0 radical (unpaired) electrons. The lowest BCUT2D eigenvalue weighted by molar-refractivity contribution is -0.133. The van der Waals surface area contributed by atoms with Gasteiger partial charge in [0.1, 0.15) is 5.75 Å². The van der Waals surface area contributed by atoms with Crippen LogP contribution in [0.25, 0.3) is 26.4 Å². The van der Waals surface area contributed by atoms with Crippen molar-refractivity contribution < 1.29 is 19.4 Å². The molecule has 6 nitrogen and oxygen atoms in total. The van der Waals surface area contributed by atoms with E-state index >= 15 is 0 Å². The Labute approximate surface area is 151 Å². The van der Waals surface area contributed by atoms with Crippen LogP contribution in [0.5, 0.6) is 5.75 Å². The summed E-state index contributed by atoms with van der Waals surface area (Å²) in [6.45, 7) is 0. The number of para-hydroxylation sites is 1. The summed E-state index contributed by atoms with van der Waals surface area (Å²) < 4.78 is 8.32. The topological polar surface area (TPSA) is 80.9 Å². The van der Waals surface area contributed by atoms with Gasteiger partial charge in [-0.1, -0.05) is 35.6 Å². The third kappa shape index (κ3) is 3.07. The van der Waals surface area contributed by atoms with Crippen LogP contribution >= 0.6 is 11.3 Å². The standard InChI is InChI=1S/C19H12N2O4S/c22-17(23)8-9-18(24)25-13-5-3-4-12(10-13)14-11-21-15-6-1-2-7-16(15)26-19(21)20-14/h1-11H,(H,22,23)/b9-8-. The Hall–Kier alpha value is -3.45. The van der Waals surface area contributed by atoms with Gasteiger partial charge in [-0.05, 0) is 24.3 Å². The molecule has 0 saturated carbocycles. The van der Waals surface area contributed by atoms with Gasteiger partial charge in [-0.3, -0.25) is 4.40 Å². The number of carbonyl (C=O) groups excluding carboxylic acids is 1. The highest BCUT2D eigenvalue weighted by Gasteiger charge is 2.11. The molecule has 2 aromatic heterocycles. The number of ether oxygens (including phenoxy) is 1. The number of fused-ring (bicyclic) bond motifs is 3. The van der Waals surface area contributed by atoms with Gasteiger partial charge in [-0.25, -0.2) is 14.6 Å². The predicted octanol–water partition coefficient (Wildman–Crippen LogP) is 3.76. The van der Waals surface area contributed by atoms with Crippen LogP contribution in [0.15, 0.2) is 66.9 Å². The van der Waals surface area contributed by atoms with Crippen molar-refractivity contribution in [3.63, 3.8) is 0 Å². The van der Waals surface area contributed by atoms with Crippen molar-refractivity contribution in [3.8, 4) is 17.0 Å². The maximum absolute atomic E-state index is 11.6. The number of nitrogens with zero attached hydrogens (tertiary/aromatic N) is 2. The van der Waals surface area contributed by atoms with Crippen LogP contribution in [0.1, 0.15) is 0 Å². The van der Waals surface area contributed by atoms with Gasteiger partial charge >= 0.3 is 11.9 Å². The molecular weight excluding hydrogens is 352 g/mol. The lowest BCUT2D eigenvalue weighted by Gasteiger charge is -2.03. The average Bonchev–Trinajstić information content (AvgIpc) is 3.18. The van der Waals surface area contributed by atoms with Gasteiger partial charge in [0.15, 0.2) is 4.96 Å². The van der Waals surface area contributed by atoms with Crippen molar-refractivity contribution in [2.24, 2.45) is 0 Å². The molecular formula is C19H12N2O4S. The third-order valence-corrected chi connectivity index (χ3v) is 4.75. The highest BCUT2D eigenvalue weighted by molar-refractivity contribution is 7.23. The molecule has 4 aromatic rings. The molecule has 4 rings (SSSR count). The number of carbonyl (C=O) groups is 2. The van der Waals surface area contributed by atoms with Crippen LogP contribution in [0, 0.1) is 0 Å². The number of imidazole rings is 1. The van der Waals surface area contributed by atoms with E-state index in [0.29, 0.717) is 5.75 Å². The normalized spacial score (nSPS) is 11.4. The zero-order valence-corrected chi connectivity index (χ0v) is 14.1. The molecule has 0 aliphatic heterocycles. The Morgan fingerprint density at radius 2 is 1.96 bits per heavy atom. The molecule has 0 aliphatic carbocycles. The van der Waals surface area contributed by atoms with E-state index in [1.807, 2.05) is 34.9 Å². The minimum Gasteiger partial charge on any atom is -0.478 e. The van der Waals surface area contributed by atoms with Crippen LogP contribution in [0.2, 0.25) is 0 Å². The van der Waals surface area contributed by atoms with E-state index < -0.39 is 11.9 Å². The molecule has 0 fully saturated rings. The van der Waals surface area contributed by atoms with E-state index in [-0.39, 0.29) is 0 Å². The van der Waals surface area contributed by atoms with Crippen LogP contribution in [-0.2, 0) is 9.59 Å². The summed E-state index contributed by atoms with van der Waals surface area (Å²) in [4.78, 5) is 27.6. The lowest BCUT2D eigenvalue weighted by atomic mass is 10.1. The first-order chi connectivity index (χ1) is 12.6. The summed E-state index contributed by atoms with van der Waals surface area (Å²) in [5.74, 6) is -1.63. The number of benzene rings is 2. The monoisotopic (exact) mass is 364 g/mol. The summed E-state index contributed by atoms with van der Waals surface area (Å²) in [7, 11) is 0. The molecule has 128 valence electrons. The highest BCUT2D eigenvalue weighted by Crippen LogP contribution is 2.30. The molecule has 0 spiro atoms. The molecule has 0 saturated heterocycles. The number of hydrogen-bond donors (Lipinski definition) is 1. The first kappa shape index (κ1) is 16.0. The average molecular weight is 364 g/mol. The van der Waals surface area contributed by atoms with Crippen molar-refractivity contribution in [1.82, 2.24) is 9.38 Å². The fraction of sp³-hybridized carbons (Fsp3) is 0. The van der Waals surface area contributed by atoms with Gasteiger partial charge < -0.3 is 9.84 Å². The lowest BCUT2D eigenvalue weighted by Crippen LogP contribution is -2.04. The van der Waals surface area contributed by atoms with Crippen LogP contribution in [0.3, 0.4) is 0 Å². The summed E-state index contributed by atoms with van der Waals surface area (Å²) in [5.41, 5.74) is 2.66. The quantitative estimate of drug-likeness (QED) is 0.339. The van der Waals surface area contributed by atoms with Crippen LogP contribution in [-0.4, -0.2) is 26.4 Å². The molecule has 26 heavy (non-hydrogen) atoms. The number of hydrogen-bond acceptors (Lipinski definition) is 5. The van der Waals surface area contributed by atoms with E-state index in [9.17, 15) is 9.59 Å². The van der Waals surface area contributed by atoms with Gasteiger partial charge in [0.25, 0.3) is 0 Å². The fourth-order valence-electron chi connectivity index (χ4n) is 2.60. The SMILES string of the molecule is O=C(O)/C=C\C(=O)Oc1cccc(-c2cn3c(n2)sc2ccccc23)c1. The van der Waals surface area contributed by atoms with E-state index in [4.69, 9.17) is 9.84 Å².